The van der Waals surface area contributed by atoms with Gasteiger partial charge in [0, 0.05) is 36.9 Å². The van der Waals surface area contributed by atoms with Crippen molar-refractivity contribution in [1.82, 2.24) is 10.2 Å². The van der Waals surface area contributed by atoms with Crippen LogP contribution in [0, 0.1) is 0 Å². The van der Waals surface area contributed by atoms with E-state index in [0.29, 0.717) is 18.2 Å². The highest BCUT2D eigenvalue weighted by molar-refractivity contribution is 7.10. The van der Waals surface area contributed by atoms with E-state index in [4.69, 9.17) is 0 Å². The molecule has 0 saturated carbocycles. The van der Waals surface area contributed by atoms with Crippen LogP contribution < -0.4 is 5.32 Å². The van der Waals surface area contributed by atoms with E-state index in [0.717, 1.165) is 17.7 Å². The Balaban J connectivity index is 1.78. The van der Waals surface area contributed by atoms with Crippen LogP contribution in [0.4, 0.5) is 0 Å². The third-order valence-electron chi connectivity index (χ3n) is 3.97. The van der Waals surface area contributed by atoms with Gasteiger partial charge < -0.3 is 15.3 Å². The van der Waals surface area contributed by atoms with E-state index in [-0.39, 0.29) is 5.91 Å². The first kappa shape index (κ1) is 18.6. The van der Waals surface area contributed by atoms with Gasteiger partial charge in [0.15, 0.2) is 0 Å². The third kappa shape index (κ3) is 5.44. The molecule has 5 heteroatoms. The zero-order valence-corrected chi connectivity index (χ0v) is 15.3. The van der Waals surface area contributed by atoms with E-state index in [9.17, 15) is 9.90 Å². The summed E-state index contributed by atoms with van der Waals surface area (Å²) in [6, 6.07) is 12.5. The van der Waals surface area contributed by atoms with Gasteiger partial charge in [-0.2, -0.15) is 0 Å². The number of thiophene rings is 1. The Morgan fingerprint density at radius 1 is 1.29 bits per heavy atom. The monoisotopic (exact) mass is 346 g/mol. The van der Waals surface area contributed by atoms with Gasteiger partial charge in [-0.3, -0.25) is 4.79 Å². The molecule has 0 radical (unpaired) electrons. The van der Waals surface area contributed by atoms with Gasteiger partial charge >= 0.3 is 0 Å². The van der Waals surface area contributed by atoms with Crippen LogP contribution in [-0.2, 0) is 6.42 Å². The van der Waals surface area contributed by atoms with Gasteiger partial charge in [-0.05, 0) is 31.4 Å². The van der Waals surface area contributed by atoms with Gasteiger partial charge in [-0.15, -0.1) is 11.3 Å². The maximum atomic E-state index is 11.9. The molecule has 0 aliphatic rings. The molecule has 0 fully saturated rings. The number of aliphatic hydroxyl groups excluding tert-OH is 1. The standard InChI is InChI=1S/C19H26N2O2S/c1-14(9-10-15-7-5-4-6-8-15)20-12-17(22)18-11-16(13-24-18)19(23)21(2)3/h4-8,11,13-14,17,20,22H,9-10,12H2,1-3H3. The van der Waals surface area contributed by atoms with Crippen molar-refractivity contribution in [1.29, 1.82) is 0 Å². The zero-order chi connectivity index (χ0) is 17.5. The quantitative estimate of drug-likeness (QED) is 0.772. The van der Waals surface area contributed by atoms with Gasteiger partial charge in [0.1, 0.15) is 6.10 Å². The molecule has 0 spiro atoms. The van der Waals surface area contributed by atoms with Crippen LogP contribution >= 0.6 is 11.3 Å². The second kappa shape index (κ2) is 8.97. The number of nitrogens with zero attached hydrogens (tertiary/aromatic N) is 1. The van der Waals surface area contributed by atoms with E-state index in [1.807, 2.05) is 6.07 Å². The van der Waals surface area contributed by atoms with Crippen LogP contribution in [0.5, 0.6) is 0 Å². The molecule has 0 aliphatic carbocycles. The molecule has 130 valence electrons. The summed E-state index contributed by atoms with van der Waals surface area (Å²) in [5.74, 6) is -0.0334. The van der Waals surface area contributed by atoms with Crippen molar-refractivity contribution >= 4 is 17.2 Å². The lowest BCUT2D eigenvalue weighted by atomic mass is 10.1. The number of aliphatic hydroxyl groups is 1. The predicted octanol–water partition coefficient (Wildman–Crippen LogP) is 3.09. The fraction of sp³-hybridized carbons (Fsp3) is 0.421. The summed E-state index contributed by atoms with van der Waals surface area (Å²) in [5.41, 5.74) is 1.97. The summed E-state index contributed by atoms with van der Waals surface area (Å²) in [6.45, 7) is 2.62. The molecular weight excluding hydrogens is 320 g/mol. The van der Waals surface area contributed by atoms with Crippen molar-refractivity contribution in [3.8, 4) is 0 Å². The first-order chi connectivity index (χ1) is 11.5. The highest BCUT2D eigenvalue weighted by Gasteiger charge is 2.16. The van der Waals surface area contributed by atoms with Gasteiger partial charge in [0.05, 0.1) is 5.56 Å². The van der Waals surface area contributed by atoms with Gasteiger partial charge in [0.2, 0.25) is 0 Å². The van der Waals surface area contributed by atoms with E-state index < -0.39 is 6.10 Å². The lowest BCUT2D eigenvalue weighted by Crippen LogP contribution is -2.30. The molecule has 1 aromatic heterocycles. The van der Waals surface area contributed by atoms with Crippen molar-refractivity contribution < 1.29 is 9.90 Å². The first-order valence-electron chi connectivity index (χ1n) is 8.23. The Morgan fingerprint density at radius 2 is 2.00 bits per heavy atom. The summed E-state index contributed by atoms with van der Waals surface area (Å²) >= 11 is 1.43. The van der Waals surface area contributed by atoms with Crippen LogP contribution in [-0.4, -0.2) is 42.6 Å². The number of carbonyl (C=O) groups is 1. The zero-order valence-electron chi connectivity index (χ0n) is 14.5. The minimum absolute atomic E-state index is 0.0334. The second-order valence-electron chi connectivity index (χ2n) is 6.29. The van der Waals surface area contributed by atoms with Crippen LogP contribution in [0.1, 0.15) is 40.2 Å². The molecule has 2 rings (SSSR count). The molecule has 2 atom stereocenters. The maximum Gasteiger partial charge on any atom is 0.254 e. The average Bonchev–Trinajstić information content (AvgIpc) is 3.08. The lowest BCUT2D eigenvalue weighted by molar-refractivity contribution is 0.0828. The summed E-state index contributed by atoms with van der Waals surface area (Å²) in [6.07, 6.45) is 1.45. The van der Waals surface area contributed by atoms with Gasteiger partial charge in [-0.1, -0.05) is 30.3 Å². The number of rotatable bonds is 8. The van der Waals surface area contributed by atoms with Crippen molar-refractivity contribution in [3.05, 3.63) is 57.8 Å². The summed E-state index contributed by atoms with van der Waals surface area (Å²) < 4.78 is 0. The average molecular weight is 346 g/mol. The minimum Gasteiger partial charge on any atom is -0.386 e. The predicted molar refractivity (Wildman–Crippen MR) is 99.5 cm³/mol. The number of nitrogens with one attached hydrogen (secondary N) is 1. The third-order valence-corrected chi connectivity index (χ3v) is 5.00. The molecule has 1 amide bonds. The number of amides is 1. The molecule has 0 saturated heterocycles. The molecule has 0 bridgehead atoms. The van der Waals surface area contributed by atoms with Crippen molar-refractivity contribution in [2.24, 2.45) is 0 Å². The summed E-state index contributed by atoms with van der Waals surface area (Å²) in [5, 5.41) is 15.5. The lowest BCUT2D eigenvalue weighted by Gasteiger charge is -2.16. The van der Waals surface area contributed by atoms with E-state index in [1.165, 1.54) is 16.9 Å². The van der Waals surface area contributed by atoms with Crippen LogP contribution in [0.3, 0.4) is 0 Å². The number of benzene rings is 1. The number of hydrogen-bond acceptors (Lipinski definition) is 4. The number of aryl methyl sites for hydroxylation is 1. The minimum atomic E-state index is -0.585. The molecule has 1 aromatic carbocycles. The molecule has 2 unspecified atom stereocenters. The Bertz CT molecular complexity index is 640. The van der Waals surface area contributed by atoms with Crippen molar-refractivity contribution in [2.75, 3.05) is 20.6 Å². The van der Waals surface area contributed by atoms with Crippen molar-refractivity contribution in [2.45, 2.75) is 31.9 Å². The second-order valence-corrected chi connectivity index (χ2v) is 7.23. The molecule has 4 nitrogen and oxygen atoms in total. The topological polar surface area (TPSA) is 52.6 Å². The van der Waals surface area contributed by atoms with E-state index in [2.05, 4.69) is 36.5 Å². The molecule has 1 heterocycles. The molecule has 24 heavy (non-hydrogen) atoms. The van der Waals surface area contributed by atoms with Crippen LogP contribution in [0.25, 0.3) is 0 Å². The SMILES string of the molecule is CC(CCc1ccccc1)NCC(O)c1cc(C(=O)N(C)C)cs1. The summed E-state index contributed by atoms with van der Waals surface area (Å²) in [7, 11) is 3.46. The Labute approximate surface area is 148 Å². The molecular formula is C19H26N2O2S. The van der Waals surface area contributed by atoms with Gasteiger partial charge in [0.25, 0.3) is 5.91 Å². The van der Waals surface area contributed by atoms with E-state index >= 15 is 0 Å². The molecule has 2 aromatic rings. The fourth-order valence-electron chi connectivity index (χ4n) is 2.44. The molecule has 2 N–H and O–H groups in total. The van der Waals surface area contributed by atoms with Crippen molar-refractivity contribution in [3.63, 3.8) is 0 Å². The fourth-order valence-corrected chi connectivity index (χ4v) is 3.31. The molecule has 0 aliphatic heterocycles. The normalized spacial score (nSPS) is 13.5. The Morgan fingerprint density at radius 3 is 2.67 bits per heavy atom. The Kier molecular flexibility index (Phi) is 6.97. The van der Waals surface area contributed by atoms with Crippen LogP contribution in [0.2, 0.25) is 0 Å². The maximum absolute atomic E-state index is 11.9. The highest BCUT2D eigenvalue weighted by atomic mass is 32.1. The largest absolute Gasteiger partial charge is 0.386 e. The Hall–Kier alpha value is -1.69. The highest BCUT2D eigenvalue weighted by Crippen LogP contribution is 2.22. The summed E-state index contributed by atoms with van der Waals surface area (Å²) in [4.78, 5) is 14.3. The number of hydrogen-bond donors (Lipinski definition) is 2. The van der Waals surface area contributed by atoms with Gasteiger partial charge in [-0.25, -0.2) is 0 Å². The van der Waals surface area contributed by atoms with E-state index in [1.54, 1.807) is 30.4 Å². The van der Waals surface area contributed by atoms with Crippen LogP contribution in [0.15, 0.2) is 41.8 Å². The number of carbonyl (C=O) groups excluding carboxylic acids is 1. The first-order valence-corrected chi connectivity index (χ1v) is 9.10. The smallest absolute Gasteiger partial charge is 0.254 e.